The van der Waals surface area contributed by atoms with Crippen LogP contribution in [0.5, 0.6) is 0 Å². The van der Waals surface area contributed by atoms with Gasteiger partial charge in [0.15, 0.2) is 0 Å². The quantitative estimate of drug-likeness (QED) is 0.176. The fourth-order valence-electron chi connectivity index (χ4n) is 5.51. The number of hydrogen-bond donors (Lipinski definition) is 2. The summed E-state index contributed by atoms with van der Waals surface area (Å²) in [5.41, 5.74) is 4.65. The minimum atomic E-state index is -4.45. The van der Waals surface area contributed by atoms with Gasteiger partial charge in [0.05, 0.1) is 5.56 Å². The number of benzene rings is 3. The summed E-state index contributed by atoms with van der Waals surface area (Å²) in [6.07, 6.45) is -2.00. The van der Waals surface area contributed by atoms with Gasteiger partial charge < -0.3 is 20.1 Å². The first-order chi connectivity index (χ1) is 21.3. The number of aromatic amines is 1. The minimum Gasteiger partial charge on any atom is -0.361 e. The summed E-state index contributed by atoms with van der Waals surface area (Å²) in [5.74, 6) is 0.0635. The van der Waals surface area contributed by atoms with Gasteiger partial charge in [-0.05, 0) is 72.6 Å². The van der Waals surface area contributed by atoms with Crippen LogP contribution in [0.2, 0.25) is 0 Å². The Labute approximate surface area is 263 Å². The molecule has 4 rings (SSSR count). The van der Waals surface area contributed by atoms with E-state index in [-0.39, 0.29) is 42.9 Å². The van der Waals surface area contributed by atoms with Crippen molar-refractivity contribution in [1.82, 2.24) is 14.8 Å². The number of rotatable bonds is 11. The summed E-state index contributed by atoms with van der Waals surface area (Å²) in [4.78, 5) is 34.1. The highest BCUT2D eigenvalue weighted by Gasteiger charge is 2.30. The lowest BCUT2D eigenvalue weighted by atomic mass is 9.93. The zero-order chi connectivity index (χ0) is 32.9. The molecule has 1 heterocycles. The third-order valence-electron chi connectivity index (χ3n) is 8.13. The molecule has 45 heavy (non-hydrogen) atoms. The average Bonchev–Trinajstić information content (AvgIpc) is 3.40. The van der Waals surface area contributed by atoms with Gasteiger partial charge in [0.2, 0.25) is 5.91 Å². The van der Waals surface area contributed by atoms with E-state index in [1.54, 1.807) is 4.90 Å². The molecule has 240 valence electrons. The molecule has 3 amide bonds. The van der Waals surface area contributed by atoms with Crippen LogP contribution in [0, 0.1) is 0 Å². The van der Waals surface area contributed by atoms with E-state index in [4.69, 9.17) is 0 Å². The Morgan fingerprint density at radius 3 is 2.04 bits per heavy atom. The van der Waals surface area contributed by atoms with Crippen molar-refractivity contribution in [3.63, 3.8) is 0 Å². The molecule has 0 bridgehead atoms. The number of hydrogen-bond acceptors (Lipinski definition) is 2. The lowest BCUT2D eigenvalue weighted by molar-refractivity contribution is -0.137. The number of carbonyl (C=O) groups excluding carboxylic acids is 2. The number of fused-ring (bicyclic) bond motifs is 1. The monoisotopic (exact) mass is 620 g/mol. The van der Waals surface area contributed by atoms with Crippen molar-refractivity contribution < 1.29 is 22.8 Å². The summed E-state index contributed by atoms with van der Waals surface area (Å²) in [5, 5.41) is 4.17. The molecule has 3 aromatic carbocycles. The number of H-pyrrole nitrogens is 1. The zero-order valence-corrected chi connectivity index (χ0v) is 26.8. The summed E-state index contributed by atoms with van der Waals surface area (Å²) >= 11 is 0. The van der Waals surface area contributed by atoms with Gasteiger partial charge >= 0.3 is 12.2 Å². The van der Waals surface area contributed by atoms with Crippen molar-refractivity contribution >= 4 is 28.5 Å². The number of halogens is 3. The largest absolute Gasteiger partial charge is 0.416 e. The molecule has 9 heteroatoms. The van der Waals surface area contributed by atoms with E-state index >= 15 is 0 Å². The van der Waals surface area contributed by atoms with Crippen molar-refractivity contribution in [1.29, 1.82) is 0 Å². The van der Waals surface area contributed by atoms with Gasteiger partial charge in [0, 0.05) is 41.9 Å². The first-order valence-corrected chi connectivity index (χ1v) is 15.5. The van der Waals surface area contributed by atoms with E-state index in [0.29, 0.717) is 18.5 Å². The highest BCUT2D eigenvalue weighted by molar-refractivity contribution is 5.94. The summed E-state index contributed by atoms with van der Waals surface area (Å²) in [6, 6.07) is 18.1. The average molecular weight is 621 g/mol. The third-order valence-corrected chi connectivity index (χ3v) is 8.13. The maximum atomic E-state index is 13.9. The van der Waals surface area contributed by atoms with Crippen LogP contribution in [0.4, 0.5) is 23.7 Å². The molecule has 0 aliphatic heterocycles. The van der Waals surface area contributed by atoms with Crippen LogP contribution < -0.4 is 5.32 Å². The molecule has 0 unspecified atom stereocenters. The van der Waals surface area contributed by atoms with Crippen LogP contribution in [0.15, 0.2) is 72.9 Å². The topological polar surface area (TPSA) is 68.4 Å². The first-order valence-electron chi connectivity index (χ1n) is 15.5. The number of urea groups is 1. The fraction of sp³-hybridized carbons (Fsp3) is 0.389. The zero-order valence-electron chi connectivity index (χ0n) is 26.8. The fourth-order valence-corrected chi connectivity index (χ4v) is 5.51. The first kappa shape index (κ1) is 33.6. The maximum absolute atomic E-state index is 13.9. The Hall–Kier alpha value is -4.27. The number of alkyl halides is 3. The second kappa shape index (κ2) is 14.2. The number of nitrogens with one attached hydrogen (secondary N) is 2. The number of anilines is 1. The lowest BCUT2D eigenvalue weighted by Gasteiger charge is -2.31. The molecule has 0 saturated heterocycles. The number of aromatic nitrogens is 1. The van der Waals surface area contributed by atoms with E-state index < -0.39 is 11.7 Å². The van der Waals surface area contributed by atoms with Gasteiger partial charge in [-0.25, -0.2) is 4.79 Å². The molecule has 0 spiro atoms. The van der Waals surface area contributed by atoms with E-state index in [1.807, 2.05) is 62.5 Å². The Balaban J connectivity index is 1.58. The maximum Gasteiger partial charge on any atom is 0.416 e. The predicted octanol–water partition coefficient (Wildman–Crippen LogP) is 8.95. The second-order valence-corrected chi connectivity index (χ2v) is 12.4. The molecular weight excluding hydrogens is 577 g/mol. The van der Waals surface area contributed by atoms with Gasteiger partial charge in [-0.1, -0.05) is 76.2 Å². The van der Waals surface area contributed by atoms with E-state index in [9.17, 15) is 22.8 Å². The summed E-state index contributed by atoms with van der Waals surface area (Å²) in [6.45, 7) is 12.3. The Morgan fingerprint density at radius 2 is 1.47 bits per heavy atom. The number of para-hydroxylation sites is 2. The molecule has 2 N–H and O–H groups in total. The Kier molecular flexibility index (Phi) is 10.6. The Bertz CT molecular complexity index is 1580. The van der Waals surface area contributed by atoms with Gasteiger partial charge in [-0.2, -0.15) is 13.2 Å². The van der Waals surface area contributed by atoms with Crippen LogP contribution >= 0.6 is 0 Å². The highest BCUT2D eigenvalue weighted by atomic mass is 19.4. The van der Waals surface area contributed by atoms with Gasteiger partial charge in [0.25, 0.3) is 0 Å². The van der Waals surface area contributed by atoms with E-state index in [0.717, 1.165) is 45.4 Å². The summed E-state index contributed by atoms with van der Waals surface area (Å²) < 4.78 is 39.6. The van der Waals surface area contributed by atoms with Gasteiger partial charge in [-0.3, -0.25) is 4.79 Å². The molecule has 0 atom stereocenters. The lowest BCUT2D eigenvalue weighted by Crippen LogP contribution is -2.47. The number of nitrogens with zero attached hydrogens (tertiary/aromatic N) is 2. The van der Waals surface area contributed by atoms with Crippen LogP contribution in [0.1, 0.15) is 81.2 Å². The smallest absolute Gasteiger partial charge is 0.361 e. The predicted molar refractivity (Wildman–Crippen MR) is 174 cm³/mol. The molecule has 6 nitrogen and oxygen atoms in total. The standard InChI is InChI=1S/C36H43F3N4O2/c1-23(2)29-11-9-12-30(24(3)4)34(29)41-35(45)43(25(5)6)22-33(44)42(21-26-14-16-28(17-15-26)36(37,38)39)19-18-27-20-40-32-13-8-7-10-31(27)32/h7-17,20,23-25,40H,18-19,21-22H2,1-6H3,(H,41,45). The molecule has 0 radical (unpaired) electrons. The molecule has 0 aliphatic rings. The normalized spacial score (nSPS) is 11.9. The van der Waals surface area contributed by atoms with Crippen LogP contribution in [-0.2, 0) is 23.9 Å². The van der Waals surface area contributed by atoms with Crippen LogP contribution in [-0.4, -0.2) is 45.9 Å². The molecule has 0 aliphatic carbocycles. The molecule has 0 saturated carbocycles. The Morgan fingerprint density at radius 1 is 0.844 bits per heavy atom. The SMILES string of the molecule is CC(C)c1cccc(C(C)C)c1NC(=O)N(CC(=O)N(CCc1c[nH]c2ccccc12)Cc1ccc(C(F)(F)F)cc1)C(C)C. The molecule has 0 fully saturated rings. The van der Waals surface area contributed by atoms with Crippen LogP contribution in [0.25, 0.3) is 10.9 Å². The van der Waals surface area contributed by atoms with Crippen molar-refractivity contribution in [2.45, 2.75) is 78.6 Å². The van der Waals surface area contributed by atoms with Crippen molar-refractivity contribution in [2.24, 2.45) is 0 Å². The summed E-state index contributed by atoms with van der Waals surface area (Å²) in [7, 11) is 0. The minimum absolute atomic E-state index is 0.112. The van der Waals surface area contributed by atoms with Crippen molar-refractivity contribution in [2.75, 3.05) is 18.4 Å². The van der Waals surface area contributed by atoms with Crippen LogP contribution in [0.3, 0.4) is 0 Å². The number of carbonyl (C=O) groups is 2. The second-order valence-electron chi connectivity index (χ2n) is 12.4. The van der Waals surface area contributed by atoms with Gasteiger partial charge in [-0.15, -0.1) is 0 Å². The molecule has 4 aromatic rings. The number of amides is 3. The molecular formula is C36H43F3N4O2. The highest BCUT2D eigenvalue weighted by Crippen LogP contribution is 2.33. The van der Waals surface area contributed by atoms with E-state index in [1.165, 1.54) is 17.0 Å². The molecule has 1 aromatic heterocycles. The van der Waals surface area contributed by atoms with Crippen molar-refractivity contribution in [3.8, 4) is 0 Å². The van der Waals surface area contributed by atoms with E-state index in [2.05, 4.69) is 38.0 Å². The third kappa shape index (κ3) is 8.26. The van der Waals surface area contributed by atoms with Gasteiger partial charge in [0.1, 0.15) is 6.54 Å². The van der Waals surface area contributed by atoms with Crippen molar-refractivity contribution in [3.05, 3.63) is 101 Å².